The molecule has 0 radical (unpaired) electrons. The maximum atomic E-state index is 10.4. The highest BCUT2D eigenvalue weighted by Crippen LogP contribution is 2.19. The highest BCUT2D eigenvalue weighted by molar-refractivity contribution is 5.76. The Morgan fingerprint density at radius 3 is 2.44 bits per heavy atom. The average Bonchev–Trinajstić information content (AvgIpc) is 2.79. The predicted octanol–water partition coefficient (Wildman–Crippen LogP) is 1.94. The first-order valence-electron chi connectivity index (χ1n) is 5.95. The van der Waals surface area contributed by atoms with Crippen LogP contribution in [0.4, 0.5) is 5.69 Å². The standard InChI is InChI=1S/C8H9N.C5H9NO/c1-2-4-8-7(3-1)5-6-9-8;7-5-3-1-2-4-6-5/h1-4,9H,5-6H2;1-4H2,(H,6,7). The fraction of sp³-hybridized carbons (Fsp3) is 0.462. The number of benzene rings is 1. The van der Waals surface area contributed by atoms with Crippen LogP contribution in [0.5, 0.6) is 0 Å². The minimum Gasteiger partial charge on any atom is -0.384 e. The Kier molecular flexibility index (Phi) is 3.81. The highest BCUT2D eigenvalue weighted by atomic mass is 16.1. The molecule has 1 saturated heterocycles. The minimum atomic E-state index is 0.214. The first kappa shape index (κ1) is 11.0. The summed E-state index contributed by atoms with van der Waals surface area (Å²) in [6, 6.07) is 8.46. The molecule has 0 bridgehead atoms. The average molecular weight is 218 g/mol. The van der Waals surface area contributed by atoms with E-state index in [4.69, 9.17) is 0 Å². The van der Waals surface area contributed by atoms with Crippen molar-refractivity contribution in [3.05, 3.63) is 29.8 Å². The van der Waals surface area contributed by atoms with Crippen LogP contribution >= 0.6 is 0 Å². The van der Waals surface area contributed by atoms with Gasteiger partial charge in [-0.3, -0.25) is 4.79 Å². The van der Waals surface area contributed by atoms with Crippen LogP contribution in [-0.4, -0.2) is 19.0 Å². The molecule has 0 aromatic heterocycles. The van der Waals surface area contributed by atoms with Gasteiger partial charge in [-0.05, 0) is 30.9 Å². The second-order valence-corrected chi connectivity index (χ2v) is 4.14. The number of carbonyl (C=O) groups is 1. The third-order valence-electron chi connectivity index (χ3n) is 2.88. The highest BCUT2D eigenvalue weighted by Gasteiger charge is 2.06. The fourth-order valence-electron chi connectivity index (χ4n) is 1.97. The van der Waals surface area contributed by atoms with E-state index in [0.717, 1.165) is 32.4 Å². The smallest absolute Gasteiger partial charge is 0.219 e. The van der Waals surface area contributed by atoms with Crippen LogP contribution in [0, 0.1) is 0 Å². The van der Waals surface area contributed by atoms with E-state index in [1.165, 1.54) is 17.7 Å². The summed E-state index contributed by atoms with van der Waals surface area (Å²) in [5.41, 5.74) is 2.77. The second kappa shape index (κ2) is 5.54. The minimum absolute atomic E-state index is 0.214. The van der Waals surface area contributed by atoms with E-state index in [1.54, 1.807) is 0 Å². The van der Waals surface area contributed by atoms with Gasteiger partial charge in [0.15, 0.2) is 0 Å². The topological polar surface area (TPSA) is 41.1 Å². The summed E-state index contributed by atoms with van der Waals surface area (Å²) in [5.74, 6) is 0.214. The second-order valence-electron chi connectivity index (χ2n) is 4.14. The molecule has 1 aromatic carbocycles. The van der Waals surface area contributed by atoms with Crippen LogP contribution in [0.25, 0.3) is 0 Å². The Morgan fingerprint density at radius 1 is 0.938 bits per heavy atom. The molecule has 2 heterocycles. The van der Waals surface area contributed by atoms with Crippen molar-refractivity contribution in [1.29, 1.82) is 0 Å². The van der Waals surface area contributed by atoms with Crippen LogP contribution in [0.15, 0.2) is 24.3 Å². The summed E-state index contributed by atoms with van der Waals surface area (Å²) in [5, 5.41) is 6.04. The molecule has 0 aliphatic carbocycles. The Labute approximate surface area is 96.2 Å². The van der Waals surface area contributed by atoms with E-state index in [-0.39, 0.29) is 5.91 Å². The largest absolute Gasteiger partial charge is 0.384 e. The van der Waals surface area contributed by atoms with Crippen molar-refractivity contribution in [2.75, 3.05) is 18.4 Å². The zero-order valence-electron chi connectivity index (χ0n) is 9.46. The monoisotopic (exact) mass is 218 g/mol. The molecule has 0 atom stereocenters. The molecule has 3 nitrogen and oxygen atoms in total. The molecule has 16 heavy (non-hydrogen) atoms. The van der Waals surface area contributed by atoms with Gasteiger partial charge in [0.05, 0.1) is 0 Å². The van der Waals surface area contributed by atoms with Crippen LogP contribution in [0.1, 0.15) is 24.8 Å². The first-order chi connectivity index (χ1) is 7.86. The summed E-state index contributed by atoms with van der Waals surface area (Å²) in [7, 11) is 0. The third-order valence-corrected chi connectivity index (χ3v) is 2.88. The lowest BCUT2D eigenvalue weighted by Gasteiger charge is -2.08. The zero-order chi connectivity index (χ0) is 11.2. The lowest BCUT2D eigenvalue weighted by atomic mass is 10.2. The molecule has 2 aliphatic rings. The van der Waals surface area contributed by atoms with Gasteiger partial charge in [-0.15, -0.1) is 0 Å². The number of piperidine rings is 1. The SMILES string of the molecule is O=C1CCCCN1.c1ccc2c(c1)CCN2. The molecule has 2 N–H and O–H groups in total. The number of carbonyl (C=O) groups excluding carboxylic acids is 1. The summed E-state index contributed by atoms with van der Waals surface area (Å²) in [6.45, 7) is 2.00. The number of hydrogen-bond acceptors (Lipinski definition) is 2. The molecule has 3 heteroatoms. The maximum Gasteiger partial charge on any atom is 0.219 e. The van der Waals surface area contributed by atoms with Gasteiger partial charge in [-0.25, -0.2) is 0 Å². The van der Waals surface area contributed by atoms with Crippen LogP contribution in [-0.2, 0) is 11.2 Å². The third kappa shape index (κ3) is 2.99. The Hall–Kier alpha value is -1.51. The van der Waals surface area contributed by atoms with E-state index in [2.05, 4.69) is 34.9 Å². The lowest BCUT2D eigenvalue weighted by Crippen LogP contribution is -2.28. The summed E-state index contributed by atoms with van der Waals surface area (Å²) >= 11 is 0. The molecule has 0 unspecified atom stereocenters. The predicted molar refractivity (Wildman–Crippen MR) is 65.5 cm³/mol. The van der Waals surface area contributed by atoms with Crippen LogP contribution in [0.3, 0.4) is 0 Å². The van der Waals surface area contributed by atoms with Crippen molar-refractivity contribution in [3.8, 4) is 0 Å². The van der Waals surface area contributed by atoms with Crippen molar-refractivity contribution in [2.45, 2.75) is 25.7 Å². The Balaban J connectivity index is 0.000000125. The van der Waals surface area contributed by atoms with Gasteiger partial charge in [-0.2, -0.15) is 0 Å². The van der Waals surface area contributed by atoms with Gasteiger partial charge in [0.2, 0.25) is 5.91 Å². The van der Waals surface area contributed by atoms with Gasteiger partial charge in [0, 0.05) is 25.2 Å². The van der Waals surface area contributed by atoms with Gasteiger partial charge in [-0.1, -0.05) is 18.2 Å². The quantitative estimate of drug-likeness (QED) is 0.698. The number of anilines is 1. The molecule has 2 aliphatic heterocycles. The van der Waals surface area contributed by atoms with Crippen molar-refractivity contribution < 1.29 is 4.79 Å². The number of nitrogens with one attached hydrogen (secondary N) is 2. The van der Waals surface area contributed by atoms with Gasteiger partial charge >= 0.3 is 0 Å². The summed E-state index contributed by atoms with van der Waals surface area (Å²) < 4.78 is 0. The number of para-hydroxylation sites is 1. The molecule has 0 spiro atoms. The molecular formula is C13H18N2O. The normalized spacial score (nSPS) is 17.6. The molecule has 3 rings (SSSR count). The molecule has 0 saturated carbocycles. The molecule has 86 valence electrons. The van der Waals surface area contributed by atoms with E-state index in [0.29, 0.717) is 0 Å². The number of hydrogen-bond donors (Lipinski definition) is 2. The van der Waals surface area contributed by atoms with Gasteiger partial charge < -0.3 is 10.6 Å². The van der Waals surface area contributed by atoms with Gasteiger partial charge in [0.25, 0.3) is 0 Å². The molecule has 1 fully saturated rings. The van der Waals surface area contributed by atoms with E-state index in [9.17, 15) is 4.79 Å². The lowest BCUT2D eigenvalue weighted by molar-refractivity contribution is -0.122. The molecule has 1 aromatic rings. The number of fused-ring (bicyclic) bond motifs is 1. The first-order valence-corrected chi connectivity index (χ1v) is 5.95. The Bertz CT molecular complexity index is 332. The zero-order valence-corrected chi connectivity index (χ0v) is 9.46. The van der Waals surface area contributed by atoms with Crippen molar-refractivity contribution in [1.82, 2.24) is 5.32 Å². The van der Waals surface area contributed by atoms with E-state index < -0.39 is 0 Å². The van der Waals surface area contributed by atoms with Crippen molar-refractivity contribution in [2.24, 2.45) is 0 Å². The van der Waals surface area contributed by atoms with Gasteiger partial charge in [0.1, 0.15) is 0 Å². The fourth-order valence-corrected chi connectivity index (χ4v) is 1.97. The summed E-state index contributed by atoms with van der Waals surface area (Å²) in [6.07, 6.45) is 4.16. The van der Waals surface area contributed by atoms with E-state index in [1.807, 2.05) is 0 Å². The number of amides is 1. The number of rotatable bonds is 0. The van der Waals surface area contributed by atoms with Crippen LogP contribution < -0.4 is 10.6 Å². The maximum absolute atomic E-state index is 10.4. The Morgan fingerprint density at radius 2 is 1.81 bits per heavy atom. The molecular weight excluding hydrogens is 200 g/mol. The van der Waals surface area contributed by atoms with E-state index >= 15 is 0 Å². The van der Waals surface area contributed by atoms with Crippen molar-refractivity contribution in [3.63, 3.8) is 0 Å². The van der Waals surface area contributed by atoms with Crippen LogP contribution in [0.2, 0.25) is 0 Å². The van der Waals surface area contributed by atoms with Crippen molar-refractivity contribution >= 4 is 11.6 Å². The summed E-state index contributed by atoms with van der Waals surface area (Å²) in [4.78, 5) is 10.4. The molecule has 1 amide bonds.